The Balaban J connectivity index is 1.51. The molecule has 26 heavy (non-hydrogen) atoms. The smallest absolute Gasteiger partial charge is 0.311 e. The van der Waals surface area contributed by atoms with Crippen molar-refractivity contribution in [3.8, 4) is 0 Å². The Bertz CT molecular complexity index is 1010. The molecule has 6 nitrogen and oxygen atoms in total. The summed E-state index contributed by atoms with van der Waals surface area (Å²) in [6.07, 6.45) is 4.30. The van der Waals surface area contributed by atoms with Gasteiger partial charge < -0.3 is 14.8 Å². The van der Waals surface area contributed by atoms with E-state index < -0.39 is 11.9 Å². The number of fused-ring (bicyclic) bond motifs is 2. The van der Waals surface area contributed by atoms with Crippen molar-refractivity contribution in [1.29, 1.82) is 0 Å². The Hall–Kier alpha value is -3.15. The standard InChI is InChI=1S/C20H19N3O3/c1-12-5-4-8-23-11-13(21-19(12)23)9-18(24)22-17-10-16(20(25)26)14-6-2-3-7-15(14)17/h2-8,11,16-17H,9-10H2,1H3,(H,22,24)(H,25,26). The van der Waals surface area contributed by atoms with Crippen LogP contribution in [0.4, 0.5) is 0 Å². The van der Waals surface area contributed by atoms with E-state index in [4.69, 9.17) is 0 Å². The van der Waals surface area contributed by atoms with Crippen molar-refractivity contribution in [1.82, 2.24) is 14.7 Å². The van der Waals surface area contributed by atoms with Gasteiger partial charge in [-0.05, 0) is 36.1 Å². The lowest BCUT2D eigenvalue weighted by molar-refractivity contribution is -0.139. The van der Waals surface area contributed by atoms with Gasteiger partial charge in [0.25, 0.3) is 0 Å². The number of aliphatic carboxylic acids is 1. The highest BCUT2D eigenvalue weighted by Gasteiger charge is 2.35. The average Bonchev–Trinajstić information content (AvgIpc) is 3.17. The fourth-order valence-corrected chi connectivity index (χ4v) is 3.71. The van der Waals surface area contributed by atoms with Gasteiger partial charge >= 0.3 is 5.97 Å². The molecular weight excluding hydrogens is 330 g/mol. The minimum Gasteiger partial charge on any atom is -0.481 e. The Morgan fingerprint density at radius 2 is 2.00 bits per heavy atom. The molecule has 2 N–H and O–H groups in total. The van der Waals surface area contributed by atoms with Crippen LogP contribution in [0, 0.1) is 6.92 Å². The molecule has 0 radical (unpaired) electrons. The average molecular weight is 349 g/mol. The fourth-order valence-electron chi connectivity index (χ4n) is 3.71. The van der Waals surface area contributed by atoms with Crippen LogP contribution in [0.25, 0.3) is 5.65 Å². The van der Waals surface area contributed by atoms with E-state index in [0.29, 0.717) is 12.1 Å². The van der Waals surface area contributed by atoms with Crippen LogP contribution < -0.4 is 5.32 Å². The van der Waals surface area contributed by atoms with Crippen LogP contribution in [0.1, 0.15) is 40.8 Å². The number of hydrogen-bond acceptors (Lipinski definition) is 3. The Morgan fingerprint density at radius 1 is 1.23 bits per heavy atom. The van der Waals surface area contributed by atoms with Crippen LogP contribution in [0.3, 0.4) is 0 Å². The monoisotopic (exact) mass is 349 g/mol. The number of aromatic nitrogens is 2. The topological polar surface area (TPSA) is 83.7 Å². The predicted octanol–water partition coefficient (Wildman–Crippen LogP) is 2.61. The Morgan fingerprint density at radius 3 is 2.73 bits per heavy atom. The number of carboxylic acid groups (broad SMARTS) is 1. The fraction of sp³-hybridized carbons (Fsp3) is 0.250. The molecule has 0 bridgehead atoms. The van der Waals surface area contributed by atoms with Crippen molar-refractivity contribution < 1.29 is 14.7 Å². The summed E-state index contributed by atoms with van der Waals surface area (Å²) in [6, 6.07) is 11.1. The second-order valence-electron chi connectivity index (χ2n) is 6.71. The maximum Gasteiger partial charge on any atom is 0.311 e. The number of rotatable bonds is 4. The number of nitrogens with one attached hydrogen (secondary N) is 1. The first-order chi connectivity index (χ1) is 12.5. The van der Waals surface area contributed by atoms with Gasteiger partial charge in [-0.3, -0.25) is 9.59 Å². The zero-order chi connectivity index (χ0) is 18.3. The van der Waals surface area contributed by atoms with Crippen LogP contribution in [-0.2, 0) is 16.0 Å². The van der Waals surface area contributed by atoms with E-state index in [1.807, 2.05) is 60.1 Å². The van der Waals surface area contributed by atoms with Gasteiger partial charge in [-0.25, -0.2) is 4.98 Å². The van der Waals surface area contributed by atoms with Crippen molar-refractivity contribution in [2.45, 2.75) is 31.7 Å². The Labute approximate surface area is 150 Å². The summed E-state index contributed by atoms with van der Waals surface area (Å²) in [5.41, 5.74) is 4.26. The zero-order valence-corrected chi connectivity index (χ0v) is 14.3. The summed E-state index contributed by atoms with van der Waals surface area (Å²) in [6.45, 7) is 1.98. The molecule has 1 aliphatic rings. The minimum absolute atomic E-state index is 0.156. The van der Waals surface area contributed by atoms with E-state index >= 15 is 0 Å². The van der Waals surface area contributed by atoms with E-state index in [9.17, 15) is 14.7 Å². The number of pyridine rings is 1. The van der Waals surface area contributed by atoms with Gasteiger partial charge in [0.1, 0.15) is 5.65 Å². The first kappa shape index (κ1) is 16.3. The highest BCUT2D eigenvalue weighted by Crippen LogP contribution is 2.40. The van der Waals surface area contributed by atoms with Crippen molar-refractivity contribution >= 4 is 17.5 Å². The minimum atomic E-state index is -0.856. The maximum atomic E-state index is 12.5. The van der Waals surface area contributed by atoms with Gasteiger partial charge in [-0.15, -0.1) is 0 Å². The molecule has 3 aromatic rings. The molecule has 1 aliphatic carbocycles. The van der Waals surface area contributed by atoms with E-state index in [0.717, 1.165) is 22.3 Å². The normalized spacial score (nSPS) is 18.7. The molecule has 2 heterocycles. The molecule has 0 fully saturated rings. The number of carbonyl (C=O) groups is 2. The third kappa shape index (κ3) is 2.83. The molecule has 0 aliphatic heterocycles. The molecule has 6 heteroatoms. The van der Waals surface area contributed by atoms with Gasteiger partial charge in [-0.2, -0.15) is 0 Å². The van der Waals surface area contributed by atoms with Crippen molar-refractivity contribution in [3.05, 3.63) is 71.2 Å². The van der Waals surface area contributed by atoms with Crippen molar-refractivity contribution in [3.63, 3.8) is 0 Å². The van der Waals surface area contributed by atoms with Gasteiger partial charge in [-0.1, -0.05) is 30.3 Å². The van der Waals surface area contributed by atoms with E-state index in [-0.39, 0.29) is 18.4 Å². The number of carbonyl (C=O) groups excluding carboxylic acids is 1. The summed E-state index contributed by atoms with van der Waals surface area (Å²) in [4.78, 5) is 28.5. The van der Waals surface area contributed by atoms with E-state index in [1.54, 1.807) is 0 Å². The lowest BCUT2D eigenvalue weighted by Crippen LogP contribution is -2.29. The first-order valence-electron chi connectivity index (χ1n) is 8.57. The van der Waals surface area contributed by atoms with E-state index in [2.05, 4.69) is 10.3 Å². The second-order valence-corrected chi connectivity index (χ2v) is 6.71. The lowest BCUT2D eigenvalue weighted by Gasteiger charge is -2.13. The second kappa shape index (κ2) is 6.29. The van der Waals surface area contributed by atoms with Crippen LogP contribution >= 0.6 is 0 Å². The summed E-state index contributed by atoms with van der Waals surface area (Å²) in [7, 11) is 0. The third-order valence-corrected chi connectivity index (χ3v) is 4.92. The van der Waals surface area contributed by atoms with Gasteiger partial charge in [0, 0.05) is 12.4 Å². The van der Waals surface area contributed by atoms with Gasteiger partial charge in [0.15, 0.2) is 0 Å². The van der Waals surface area contributed by atoms with Crippen LogP contribution in [-0.4, -0.2) is 26.4 Å². The SMILES string of the molecule is Cc1cccn2cc(CC(=O)NC3CC(C(=O)O)c4ccccc43)nc12. The highest BCUT2D eigenvalue weighted by atomic mass is 16.4. The molecule has 2 aromatic heterocycles. The summed E-state index contributed by atoms with van der Waals surface area (Å²) < 4.78 is 1.91. The molecule has 1 amide bonds. The molecule has 2 unspecified atom stereocenters. The highest BCUT2D eigenvalue weighted by molar-refractivity contribution is 5.81. The summed E-state index contributed by atoms with van der Waals surface area (Å²) >= 11 is 0. The lowest BCUT2D eigenvalue weighted by atomic mass is 10.0. The maximum absolute atomic E-state index is 12.5. The number of aryl methyl sites for hydroxylation is 1. The van der Waals surface area contributed by atoms with Crippen LogP contribution in [0.2, 0.25) is 0 Å². The summed E-state index contributed by atoms with van der Waals surface area (Å²) in [5.74, 6) is -1.59. The van der Waals surface area contributed by atoms with Gasteiger partial charge in [0.05, 0.1) is 24.1 Å². The molecular formula is C20H19N3O3. The molecule has 0 saturated heterocycles. The number of carboxylic acids is 1. The number of hydrogen-bond donors (Lipinski definition) is 2. The molecule has 1 aromatic carbocycles. The Kier molecular flexibility index (Phi) is 3.95. The molecule has 0 spiro atoms. The molecule has 4 rings (SSSR count). The van der Waals surface area contributed by atoms with Gasteiger partial charge in [0.2, 0.25) is 5.91 Å². The third-order valence-electron chi connectivity index (χ3n) is 4.92. The number of benzene rings is 1. The largest absolute Gasteiger partial charge is 0.481 e. The van der Waals surface area contributed by atoms with E-state index in [1.165, 1.54) is 0 Å². The van der Waals surface area contributed by atoms with Crippen LogP contribution in [0.15, 0.2) is 48.8 Å². The van der Waals surface area contributed by atoms with Crippen molar-refractivity contribution in [2.75, 3.05) is 0 Å². The zero-order valence-electron chi connectivity index (χ0n) is 14.3. The van der Waals surface area contributed by atoms with Crippen molar-refractivity contribution in [2.24, 2.45) is 0 Å². The molecule has 0 saturated carbocycles. The number of imidazole rings is 1. The van der Waals surface area contributed by atoms with Crippen LogP contribution in [0.5, 0.6) is 0 Å². The quantitative estimate of drug-likeness (QED) is 0.758. The predicted molar refractivity (Wildman–Crippen MR) is 96.0 cm³/mol. The number of nitrogens with zero attached hydrogens (tertiary/aromatic N) is 2. The molecule has 132 valence electrons. The summed E-state index contributed by atoms with van der Waals surface area (Å²) in [5, 5.41) is 12.4. The molecule has 2 atom stereocenters. The number of amides is 1. The first-order valence-corrected chi connectivity index (χ1v) is 8.57.